The van der Waals surface area contributed by atoms with E-state index in [9.17, 15) is 4.79 Å². The average molecular weight is 453 g/mol. The fourth-order valence-corrected chi connectivity index (χ4v) is 3.34. The van der Waals surface area contributed by atoms with Gasteiger partial charge in [-0.25, -0.2) is 0 Å². The third kappa shape index (κ3) is 4.47. The van der Waals surface area contributed by atoms with Crippen LogP contribution in [0.4, 0.5) is 5.82 Å². The maximum Gasteiger partial charge on any atom is 0.256 e. The first-order valence-corrected chi connectivity index (χ1v) is 9.58. The van der Waals surface area contributed by atoms with Crippen molar-refractivity contribution < 1.29 is 4.79 Å². The first-order valence-electron chi connectivity index (χ1n) is 8.03. The van der Waals surface area contributed by atoms with E-state index in [4.69, 9.17) is 23.2 Å². The molecule has 0 aliphatic heterocycles. The molecule has 0 spiro atoms. The molecule has 0 radical (unpaired) electrons. The van der Waals surface area contributed by atoms with Crippen LogP contribution in [0.1, 0.15) is 28.4 Å². The molecule has 4 nitrogen and oxygen atoms in total. The Balaban J connectivity index is 1.74. The van der Waals surface area contributed by atoms with Crippen molar-refractivity contribution in [2.45, 2.75) is 19.9 Å². The fourth-order valence-electron chi connectivity index (χ4n) is 2.46. The number of nitrogens with zero attached hydrogens (tertiary/aromatic N) is 2. The minimum absolute atomic E-state index is 0.205. The topological polar surface area (TPSA) is 46.9 Å². The first kappa shape index (κ1) is 19.0. The summed E-state index contributed by atoms with van der Waals surface area (Å²) in [4.78, 5) is 12.4. The van der Waals surface area contributed by atoms with Gasteiger partial charge in [0.15, 0.2) is 5.82 Å². The lowest BCUT2D eigenvalue weighted by atomic mass is 10.1. The highest BCUT2D eigenvalue weighted by atomic mass is 79.9. The molecular weight excluding hydrogens is 437 g/mol. The van der Waals surface area contributed by atoms with Gasteiger partial charge in [0, 0.05) is 21.8 Å². The number of hydrogen-bond acceptors (Lipinski definition) is 2. The Morgan fingerprint density at radius 3 is 2.58 bits per heavy atom. The van der Waals surface area contributed by atoms with Gasteiger partial charge in [-0.15, -0.1) is 0 Å². The Hall–Kier alpha value is -1.82. The lowest BCUT2D eigenvalue weighted by molar-refractivity contribution is 0.102. The van der Waals surface area contributed by atoms with Crippen molar-refractivity contribution in [3.05, 3.63) is 79.9 Å². The van der Waals surface area contributed by atoms with E-state index >= 15 is 0 Å². The van der Waals surface area contributed by atoms with E-state index in [2.05, 4.69) is 33.3 Å². The zero-order valence-corrected chi connectivity index (χ0v) is 17.1. The van der Waals surface area contributed by atoms with Crippen LogP contribution < -0.4 is 5.32 Å². The molecule has 0 aliphatic rings. The van der Waals surface area contributed by atoms with Crippen LogP contribution in [-0.4, -0.2) is 15.7 Å². The Bertz CT molecular complexity index is 938. The maximum atomic E-state index is 12.4. The molecule has 26 heavy (non-hydrogen) atoms. The van der Waals surface area contributed by atoms with Gasteiger partial charge in [-0.3, -0.25) is 9.48 Å². The largest absolute Gasteiger partial charge is 0.304 e. The van der Waals surface area contributed by atoms with E-state index in [1.165, 1.54) is 5.56 Å². The standard InChI is InChI=1S/C19H16BrCl2N3O/c1-2-12-3-5-13(6-4-12)19(26)23-18-16(20)11-25(24-18)10-14-7-8-15(21)9-17(14)22/h3-9,11H,2,10H2,1H3,(H,23,24,26). The molecule has 0 saturated heterocycles. The van der Waals surface area contributed by atoms with Gasteiger partial charge in [0.2, 0.25) is 0 Å². The number of carbonyl (C=O) groups is 1. The second kappa shape index (κ2) is 8.25. The Kier molecular flexibility index (Phi) is 6.01. The quantitative estimate of drug-likeness (QED) is 0.530. The monoisotopic (exact) mass is 451 g/mol. The molecule has 1 N–H and O–H groups in total. The highest BCUT2D eigenvalue weighted by Gasteiger charge is 2.13. The molecule has 1 amide bonds. The number of carbonyl (C=O) groups excluding carboxylic acids is 1. The maximum absolute atomic E-state index is 12.4. The molecule has 0 unspecified atom stereocenters. The summed E-state index contributed by atoms with van der Waals surface area (Å²) in [7, 11) is 0. The number of anilines is 1. The van der Waals surface area contributed by atoms with Crippen LogP contribution in [0.15, 0.2) is 53.1 Å². The van der Waals surface area contributed by atoms with Crippen LogP contribution in [0, 0.1) is 0 Å². The van der Waals surface area contributed by atoms with Crippen molar-refractivity contribution in [3.63, 3.8) is 0 Å². The van der Waals surface area contributed by atoms with Crippen molar-refractivity contribution in [3.8, 4) is 0 Å². The molecule has 0 fully saturated rings. The number of rotatable bonds is 5. The predicted molar refractivity (Wildman–Crippen MR) is 109 cm³/mol. The molecule has 0 aliphatic carbocycles. The third-order valence-corrected chi connectivity index (χ3v) is 5.09. The summed E-state index contributed by atoms with van der Waals surface area (Å²) in [6.45, 7) is 2.54. The van der Waals surface area contributed by atoms with Gasteiger partial charge >= 0.3 is 0 Å². The van der Waals surface area contributed by atoms with E-state index in [-0.39, 0.29) is 5.91 Å². The van der Waals surface area contributed by atoms with Crippen LogP contribution in [0.5, 0.6) is 0 Å². The molecule has 0 atom stereocenters. The molecular formula is C19H16BrCl2N3O. The van der Waals surface area contributed by atoms with Crippen molar-refractivity contribution >= 4 is 50.9 Å². The van der Waals surface area contributed by atoms with E-state index in [0.29, 0.717) is 32.4 Å². The van der Waals surface area contributed by atoms with Crippen LogP contribution in [-0.2, 0) is 13.0 Å². The van der Waals surface area contributed by atoms with Crippen molar-refractivity contribution in [1.29, 1.82) is 0 Å². The SMILES string of the molecule is CCc1ccc(C(=O)Nc2nn(Cc3ccc(Cl)cc3Cl)cc2Br)cc1. The van der Waals surface area contributed by atoms with E-state index in [0.717, 1.165) is 12.0 Å². The van der Waals surface area contributed by atoms with Gasteiger partial charge in [0.05, 0.1) is 11.0 Å². The minimum atomic E-state index is -0.205. The molecule has 0 bridgehead atoms. The van der Waals surface area contributed by atoms with Crippen LogP contribution in [0.25, 0.3) is 0 Å². The molecule has 7 heteroatoms. The Morgan fingerprint density at radius 1 is 1.19 bits per heavy atom. The summed E-state index contributed by atoms with van der Waals surface area (Å²) < 4.78 is 2.40. The molecule has 134 valence electrons. The van der Waals surface area contributed by atoms with Crippen LogP contribution in [0.2, 0.25) is 10.0 Å². The number of hydrogen-bond donors (Lipinski definition) is 1. The van der Waals surface area contributed by atoms with Crippen LogP contribution >= 0.6 is 39.1 Å². The van der Waals surface area contributed by atoms with Crippen LogP contribution in [0.3, 0.4) is 0 Å². The normalized spacial score (nSPS) is 10.8. The van der Waals surface area contributed by atoms with Crippen molar-refractivity contribution in [2.75, 3.05) is 5.32 Å². The first-order chi connectivity index (χ1) is 12.5. The van der Waals surface area contributed by atoms with Gasteiger partial charge in [-0.05, 0) is 57.7 Å². The summed E-state index contributed by atoms with van der Waals surface area (Å²) in [5.74, 6) is 0.253. The Morgan fingerprint density at radius 2 is 1.92 bits per heavy atom. The van der Waals surface area contributed by atoms with E-state index in [1.54, 1.807) is 23.0 Å². The second-order valence-corrected chi connectivity index (χ2v) is 7.46. The lowest BCUT2D eigenvalue weighted by Gasteiger charge is -2.06. The molecule has 1 heterocycles. The predicted octanol–water partition coefficient (Wildman–Crippen LogP) is 5.82. The smallest absolute Gasteiger partial charge is 0.256 e. The second-order valence-electron chi connectivity index (χ2n) is 5.76. The number of aryl methyl sites for hydroxylation is 1. The summed E-state index contributed by atoms with van der Waals surface area (Å²) in [6, 6.07) is 12.9. The van der Waals surface area contributed by atoms with Gasteiger partial charge in [0.1, 0.15) is 0 Å². The van der Waals surface area contributed by atoms with E-state index < -0.39 is 0 Å². The molecule has 2 aromatic carbocycles. The summed E-state index contributed by atoms with van der Waals surface area (Å²) >= 11 is 15.6. The van der Waals surface area contributed by atoms with Crippen molar-refractivity contribution in [2.24, 2.45) is 0 Å². The molecule has 3 rings (SSSR count). The van der Waals surface area contributed by atoms with Crippen molar-refractivity contribution in [1.82, 2.24) is 9.78 Å². The highest BCUT2D eigenvalue weighted by Crippen LogP contribution is 2.25. The molecule has 0 saturated carbocycles. The lowest BCUT2D eigenvalue weighted by Crippen LogP contribution is -2.13. The number of nitrogens with one attached hydrogen (secondary N) is 1. The number of aromatic nitrogens is 2. The summed E-state index contributed by atoms with van der Waals surface area (Å²) in [5.41, 5.74) is 2.66. The van der Waals surface area contributed by atoms with Gasteiger partial charge in [-0.1, -0.05) is 48.3 Å². The molecule has 1 aromatic heterocycles. The molecule has 3 aromatic rings. The van der Waals surface area contributed by atoms with E-state index in [1.807, 2.05) is 30.3 Å². The summed E-state index contributed by atoms with van der Waals surface area (Å²) in [6.07, 6.45) is 2.73. The average Bonchev–Trinajstić information content (AvgIpc) is 2.96. The number of benzene rings is 2. The fraction of sp³-hybridized carbons (Fsp3) is 0.158. The third-order valence-electron chi connectivity index (χ3n) is 3.92. The minimum Gasteiger partial charge on any atom is -0.304 e. The number of halogens is 3. The van der Waals surface area contributed by atoms with Gasteiger partial charge in [-0.2, -0.15) is 5.10 Å². The highest BCUT2D eigenvalue weighted by molar-refractivity contribution is 9.10. The Labute approximate surface area is 170 Å². The van der Waals surface area contributed by atoms with Gasteiger partial charge in [0.25, 0.3) is 5.91 Å². The number of amides is 1. The zero-order chi connectivity index (χ0) is 18.7. The zero-order valence-electron chi connectivity index (χ0n) is 14.0. The van der Waals surface area contributed by atoms with Gasteiger partial charge < -0.3 is 5.32 Å². The summed E-state index contributed by atoms with van der Waals surface area (Å²) in [5, 5.41) is 8.40.